The predicted octanol–water partition coefficient (Wildman–Crippen LogP) is 7.66. The van der Waals surface area contributed by atoms with Gasteiger partial charge in [0.25, 0.3) is 11.6 Å². The molecule has 0 amide bonds. The van der Waals surface area contributed by atoms with Crippen molar-refractivity contribution in [2.45, 2.75) is 61.5 Å². The van der Waals surface area contributed by atoms with Crippen LogP contribution in [0.2, 0.25) is 0 Å². The van der Waals surface area contributed by atoms with Crippen molar-refractivity contribution in [1.29, 1.82) is 0 Å². The molecule has 0 saturated carbocycles. The fraction of sp³-hybridized carbons (Fsp3) is 0.244. The third-order valence-corrected chi connectivity index (χ3v) is 10.2. The number of halogens is 3. The van der Waals surface area contributed by atoms with Gasteiger partial charge in [-0.15, -0.1) is 0 Å². The topological polar surface area (TPSA) is 148 Å². The highest BCUT2D eigenvalue weighted by Crippen LogP contribution is 2.33. The van der Waals surface area contributed by atoms with Crippen molar-refractivity contribution in [3.05, 3.63) is 172 Å². The van der Waals surface area contributed by atoms with Crippen molar-refractivity contribution in [1.82, 2.24) is 4.72 Å². The van der Waals surface area contributed by atoms with Crippen LogP contribution in [-0.2, 0) is 53.5 Å². The molecule has 1 saturated heterocycles. The van der Waals surface area contributed by atoms with Gasteiger partial charge in [-0.1, -0.05) is 109 Å². The Bertz CT molecular complexity index is 2170. The first-order valence-electron chi connectivity index (χ1n) is 17.7. The van der Waals surface area contributed by atoms with Gasteiger partial charge in [-0.05, 0) is 41.0 Å². The second-order valence-electron chi connectivity index (χ2n) is 12.8. The molecule has 0 aromatic heterocycles. The maximum absolute atomic E-state index is 14.7. The summed E-state index contributed by atoms with van der Waals surface area (Å²) in [6, 6.07) is 36.6. The molecule has 1 aliphatic heterocycles. The molecule has 5 aromatic carbocycles. The highest BCUT2D eigenvalue weighted by atomic mass is 32.2. The number of para-hydroxylation sites is 1. The highest BCUT2D eigenvalue weighted by Gasteiger charge is 2.52. The van der Waals surface area contributed by atoms with E-state index in [9.17, 15) is 31.7 Å². The number of hydrogen-bond acceptors (Lipinski definition) is 10. The summed E-state index contributed by atoms with van der Waals surface area (Å²) in [4.78, 5) is 13.9. The van der Waals surface area contributed by atoms with Gasteiger partial charge in [-0.25, -0.2) is 13.4 Å². The number of nitrogens with one attached hydrogen (secondary N) is 1. The van der Waals surface area contributed by atoms with E-state index in [-0.39, 0.29) is 37.8 Å². The molecule has 12 nitrogen and oxygen atoms in total. The Morgan fingerprint density at radius 2 is 1.21 bits per heavy atom. The van der Waals surface area contributed by atoms with E-state index in [1.54, 1.807) is 60.7 Å². The van der Waals surface area contributed by atoms with E-state index in [0.717, 1.165) is 35.4 Å². The fourth-order valence-corrected chi connectivity index (χ4v) is 7.18. The molecule has 1 fully saturated rings. The number of ether oxygens (including phenoxy) is 5. The third kappa shape index (κ3) is 11.5. The summed E-state index contributed by atoms with van der Waals surface area (Å²) in [7, 11) is -4.66. The van der Waals surface area contributed by atoms with Crippen LogP contribution in [0.25, 0.3) is 0 Å². The van der Waals surface area contributed by atoms with Crippen LogP contribution in [0.3, 0.4) is 0 Å². The molecule has 0 spiro atoms. The molecular weight excluding hydrogens is 768 g/mol. The van der Waals surface area contributed by atoms with Crippen molar-refractivity contribution in [3.63, 3.8) is 0 Å². The van der Waals surface area contributed by atoms with Crippen molar-refractivity contribution in [2.75, 3.05) is 6.61 Å². The summed E-state index contributed by atoms with van der Waals surface area (Å²) < 4.78 is 106. The lowest BCUT2D eigenvalue weighted by molar-refractivity contribution is -0.384. The molecule has 298 valence electrons. The zero-order chi connectivity index (χ0) is 40.3. The van der Waals surface area contributed by atoms with Gasteiger partial charge in [0.2, 0.25) is 16.3 Å². The first-order chi connectivity index (χ1) is 27.5. The molecule has 6 rings (SSSR count). The predicted molar refractivity (Wildman–Crippen MR) is 203 cm³/mol. The quantitative estimate of drug-likeness (QED) is 0.0459. The van der Waals surface area contributed by atoms with Crippen LogP contribution in [0.4, 0.5) is 24.5 Å². The molecule has 5 atom stereocenters. The number of non-ortho nitro benzene ring substituents is 1. The minimum Gasteiger partial charge on any atom is -0.442 e. The molecule has 1 heterocycles. The summed E-state index contributed by atoms with van der Waals surface area (Å²) in [5.41, 5.74) is 1.74. The summed E-state index contributed by atoms with van der Waals surface area (Å²) in [5, 5.41) is 11.3. The van der Waals surface area contributed by atoms with Crippen molar-refractivity contribution < 1.29 is 50.2 Å². The number of nitrogens with zero attached hydrogens (tertiary/aromatic N) is 2. The zero-order valence-electron chi connectivity index (χ0n) is 30.2. The molecular formula is C41H38F3N3O9S. The van der Waals surface area contributed by atoms with Gasteiger partial charge >= 0.3 is 6.18 Å². The number of alkyl halides is 3. The largest absolute Gasteiger partial charge is 0.468 e. The monoisotopic (exact) mass is 805 g/mol. The van der Waals surface area contributed by atoms with Crippen LogP contribution >= 0.6 is 0 Å². The number of aliphatic imine (C=N–C) groups is 1. The number of rotatable bonds is 16. The van der Waals surface area contributed by atoms with E-state index >= 15 is 0 Å². The Hall–Kier alpha value is -5.49. The molecule has 0 bridgehead atoms. The van der Waals surface area contributed by atoms with Gasteiger partial charge in [0.1, 0.15) is 24.4 Å². The van der Waals surface area contributed by atoms with Gasteiger partial charge in [0.05, 0.1) is 41.9 Å². The molecule has 0 radical (unpaired) electrons. The van der Waals surface area contributed by atoms with E-state index in [1.807, 2.05) is 36.4 Å². The zero-order valence-corrected chi connectivity index (χ0v) is 31.0. The molecule has 1 unspecified atom stereocenters. The third-order valence-electron chi connectivity index (χ3n) is 8.72. The number of sulfonamides is 1. The van der Waals surface area contributed by atoms with Gasteiger partial charge in [0.15, 0.2) is 0 Å². The number of benzene rings is 5. The fourth-order valence-electron chi connectivity index (χ4n) is 5.94. The summed E-state index contributed by atoms with van der Waals surface area (Å²) in [6.07, 6.45) is -11.0. The molecule has 57 heavy (non-hydrogen) atoms. The van der Waals surface area contributed by atoms with Gasteiger partial charge < -0.3 is 23.7 Å². The van der Waals surface area contributed by atoms with Gasteiger partial charge in [0, 0.05) is 12.1 Å². The Balaban J connectivity index is 1.43. The minimum absolute atomic E-state index is 0.0220. The molecule has 5 aromatic rings. The summed E-state index contributed by atoms with van der Waals surface area (Å²) >= 11 is 0. The lowest BCUT2D eigenvalue weighted by atomic mass is 9.96. The maximum Gasteiger partial charge on any atom is 0.468 e. The van der Waals surface area contributed by atoms with Crippen molar-refractivity contribution in [2.24, 2.45) is 4.99 Å². The number of nitro benzene ring substituents is 1. The normalized spacial score (nSPS) is 20.2. The van der Waals surface area contributed by atoms with E-state index in [1.165, 1.54) is 24.3 Å². The van der Waals surface area contributed by atoms with E-state index < -0.39 is 62.6 Å². The van der Waals surface area contributed by atoms with E-state index in [4.69, 9.17) is 23.7 Å². The van der Waals surface area contributed by atoms with Gasteiger partial charge in [-0.3, -0.25) is 10.1 Å². The average Bonchev–Trinajstić information content (AvgIpc) is 3.21. The summed E-state index contributed by atoms with van der Waals surface area (Å²) in [5.74, 6) is -1.72. The van der Waals surface area contributed by atoms with E-state index in [0.29, 0.717) is 5.56 Å². The minimum atomic E-state index is -5.17. The molecule has 1 aliphatic rings. The van der Waals surface area contributed by atoms with Crippen LogP contribution in [0.5, 0.6) is 0 Å². The van der Waals surface area contributed by atoms with Crippen LogP contribution in [0.1, 0.15) is 16.7 Å². The Morgan fingerprint density at radius 3 is 1.72 bits per heavy atom. The average molecular weight is 806 g/mol. The van der Waals surface area contributed by atoms with Crippen LogP contribution < -0.4 is 4.72 Å². The Labute approximate surface area is 327 Å². The Morgan fingerprint density at radius 1 is 0.719 bits per heavy atom. The lowest BCUT2D eigenvalue weighted by Gasteiger charge is -2.46. The Kier molecular flexibility index (Phi) is 13.8. The molecule has 0 aliphatic carbocycles. The van der Waals surface area contributed by atoms with Crippen LogP contribution in [0, 0.1) is 10.1 Å². The first kappa shape index (κ1) is 41.2. The maximum atomic E-state index is 14.7. The SMILES string of the molecule is O=[N+]([O-])c1ccc(S(=O)(=O)N[C@H]2C(OC(=Nc3ccccc3)C(F)(F)F)O[C@H](COCc3ccccc3)[C@@H](OCc3ccccc3)[C@@H]2OCc2ccccc2)cc1. The lowest BCUT2D eigenvalue weighted by Crippen LogP contribution is -2.66. The standard InChI is InChI=1S/C41H38F3N3O9S/c42-41(43,44)40(45-32-19-11-4-12-20-32)56-39-36(46-57(50,51)34-23-21-33(22-24-34)47(48)49)38(54-27-31-17-9-3-10-18-31)37(53-26-30-15-7-2-8-16-30)35(55-39)28-52-25-29-13-5-1-6-14-29/h1-24,35-39,46H,25-28H2/t35-,36-,37-,38-,39?/m1/s1. The smallest absolute Gasteiger partial charge is 0.442 e. The summed E-state index contributed by atoms with van der Waals surface area (Å²) in [6.45, 7) is -0.280. The second-order valence-corrected chi connectivity index (χ2v) is 14.5. The highest BCUT2D eigenvalue weighted by molar-refractivity contribution is 7.89. The molecule has 16 heteroatoms. The number of nitro groups is 1. The van der Waals surface area contributed by atoms with Gasteiger partial charge in [-0.2, -0.15) is 17.9 Å². The van der Waals surface area contributed by atoms with Crippen molar-refractivity contribution >= 4 is 27.3 Å². The second kappa shape index (κ2) is 19.1. The van der Waals surface area contributed by atoms with Crippen LogP contribution in [0.15, 0.2) is 155 Å². The first-order valence-corrected chi connectivity index (χ1v) is 19.2. The molecule has 1 N–H and O–H groups in total. The number of hydrogen-bond donors (Lipinski definition) is 1. The van der Waals surface area contributed by atoms with E-state index in [2.05, 4.69) is 9.71 Å². The van der Waals surface area contributed by atoms with Crippen LogP contribution in [-0.4, -0.2) is 62.7 Å². The van der Waals surface area contributed by atoms with Crippen molar-refractivity contribution in [3.8, 4) is 0 Å².